The van der Waals surface area contributed by atoms with Gasteiger partial charge in [0.15, 0.2) is 17.5 Å². The molecule has 2 aliphatic heterocycles. The van der Waals surface area contributed by atoms with Crippen molar-refractivity contribution in [3.63, 3.8) is 0 Å². The lowest BCUT2D eigenvalue weighted by molar-refractivity contribution is 0.368. The van der Waals surface area contributed by atoms with E-state index in [4.69, 9.17) is 24.4 Å². The van der Waals surface area contributed by atoms with Crippen LogP contribution in [-0.2, 0) is 10.8 Å². The van der Waals surface area contributed by atoms with E-state index in [1.807, 2.05) is 6.07 Å². The van der Waals surface area contributed by atoms with Gasteiger partial charge in [-0.1, -0.05) is 194 Å². The average Bonchev–Trinajstić information content (AvgIpc) is 3.37. The second kappa shape index (κ2) is 16.1. The number of rotatable bonds is 7. The quantitative estimate of drug-likeness (QED) is 0.160. The zero-order valence-electron chi connectivity index (χ0n) is 37.6. The third kappa shape index (κ3) is 6.25. The summed E-state index contributed by atoms with van der Waals surface area (Å²) in [6.07, 6.45) is 9.83. The summed E-state index contributed by atoms with van der Waals surface area (Å²) >= 11 is 0. The Labute approximate surface area is 391 Å². The first-order chi connectivity index (χ1) is 33.0. The van der Waals surface area contributed by atoms with Crippen molar-refractivity contribution in [3.8, 4) is 57.2 Å². The van der Waals surface area contributed by atoms with Crippen LogP contribution >= 0.6 is 0 Å². The van der Waals surface area contributed by atoms with Gasteiger partial charge < -0.3 is 9.47 Å². The fourth-order valence-corrected chi connectivity index (χ4v) is 11.5. The third-order valence-electron chi connectivity index (χ3n) is 14.1. The number of aryl methyl sites for hydroxylation is 3. The van der Waals surface area contributed by atoms with Crippen molar-refractivity contribution in [2.24, 2.45) is 5.92 Å². The molecule has 5 heteroatoms. The molecule has 0 N–H and O–H groups in total. The Balaban J connectivity index is 1.15. The van der Waals surface area contributed by atoms with E-state index in [0.717, 1.165) is 84.9 Å². The van der Waals surface area contributed by atoms with Crippen LogP contribution in [-0.4, -0.2) is 15.0 Å². The molecule has 9 aromatic rings. The second-order valence-corrected chi connectivity index (χ2v) is 18.0. The minimum absolute atomic E-state index is 0.103. The first kappa shape index (κ1) is 40.4. The van der Waals surface area contributed by atoms with Gasteiger partial charge in [0.05, 0.1) is 22.0 Å². The molecule has 67 heavy (non-hydrogen) atoms. The first-order valence-corrected chi connectivity index (χ1v) is 23.1. The van der Waals surface area contributed by atoms with Crippen LogP contribution in [0.25, 0.3) is 34.2 Å². The zero-order chi connectivity index (χ0) is 45.1. The molecule has 2 atom stereocenters. The molecule has 0 amide bonds. The topological polar surface area (TPSA) is 57.1 Å². The number of para-hydroxylation sites is 4. The van der Waals surface area contributed by atoms with Crippen molar-refractivity contribution in [1.29, 1.82) is 0 Å². The highest BCUT2D eigenvalue weighted by atomic mass is 16.5. The fraction of sp³-hybridized carbons (Fsp3) is 0.113. The molecule has 1 aliphatic carbocycles. The van der Waals surface area contributed by atoms with E-state index >= 15 is 0 Å². The molecule has 12 rings (SSSR count). The van der Waals surface area contributed by atoms with Crippen LogP contribution < -0.4 is 9.47 Å². The van der Waals surface area contributed by atoms with Gasteiger partial charge in [0.2, 0.25) is 0 Å². The SMILES string of the molecule is Cc1cc(C)c(-c2nc(-c3cccc4c3Oc3ccccc3C4(c3ccccc3)c3ccccc3)nc(-c3cccc4c3Oc3ccccc3C4(c3ccccc3)C3C=CC=CC3)n2)c(C)c1. The minimum atomic E-state index is -0.714. The minimum Gasteiger partial charge on any atom is -0.456 e. The van der Waals surface area contributed by atoms with Gasteiger partial charge in [0.25, 0.3) is 0 Å². The van der Waals surface area contributed by atoms with E-state index in [9.17, 15) is 0 Å². The van der Waals surface area contributed by atoms with Crippen LogP contribution in [0.4, 0.5) is 0 Å². The lowest BCUT2D eigenvalue weighted by Crippen LogP contribution is -2.40. The van der Waals surface area contributed by atoms with Crippen LogP contribution in [0.5, 0.6) is 23.0 Å². The highest BCUT2D eigenvalue weighted by Crippen LogP contribution is 2.60. The van der Waals surface area contributed by atoms with Gasteiger partial charge in [-0.3, -0.25) is 0 Å². The maximum absolute atomic E-state index is 7.17. The molecule has 3 aliphatic rings. The van der Waals surface area contributed by atoms with Crippen LogP contribution in [0.15, 0.2) is 212 Å². The summed E-state index contributed by atoms with van der Waals surface area (Å²) in [5.41, 5.74) is 12.3. The van der Waals surface area contributed by atoms with E-state index in [1.54, 1.807) is 0 Å². The molecular formula is C62H47N3O2. The largest absolute Gasteiger partial charge is 0.456 e. The normalized spacial score (nSPS) is 17.3. The molecule has 0 saturated heterocycles. The number of hydrogen-bond donors (Lipinski definition) is 0. The maximum atomic E-state index is 7.17. The predicted octanol–water partition coefficient (Wildman–Crippen LogP) is 14.9. The highest BCUT2D eigenvalue weighted by Gasteiger charge is 2.50. The second-order valence-electron chi connectivity index (χ2n) is 18.0. The Hall–Kier alpha value is -8.15. The summed E-state index contributed by atoms with van der Waals surface area (Å²) in [4.78, 5) is 16.4. The summed E-state index contributed by atoms with van der Waals surface area (Å²) < 4.78 is 14.3. The van der Waals surface area contributed by atoms with Crippen molar-refractivity contribution < 1.29 is 9.47 Å². The molecule has 322 valence electrons. The summed E-state index contributed by atoms with van der Waals surface area (Å²) in [5, 5.41) is 0. The number of hydrogen-bond acceptors (Lipinski definition) is 5. The Morgan fingerprint density at radius 2 is 0.925 bits per heavy atom. The van der Waals surface area contributed by atoms with E-state index in [1.165, 1.54) is 11.1 Å². The number of ether oxygens (including phenoxy) is 2. The maximum Gasteiger partial charge on any atom is 0.167 e. The molecule has 0 fully saturated rings. The summed E-state index contributed by atoms with van der Waals surface area (Å²) in [6, 6.07) is 66.6. The average molecular weight is 866 g/mol. The van der Waals surface area contributed by atoms with Crippen molar-refractivity contribution in [2.45, 2.75) is 38.0 Å². The molecule has 0 saturated carbocycles. The van der Waals surface area contributed by atoms with E-state index in [0.29, 0.717) is 23.2 Å². The lowest BCUT2D eigenvalue weighted by Gasteiger charge is -2.46. The lowest BCUT2D eigenvalue weighted by atomic mass is 9.59. The first-order valence-electron chi connectivity index (χ1n) is 23.1. The molecule has 3 heterocycles. The van der Waals surface area contributed by atoms with E-state index in [-0.39, 0.29) is 5.92 Å². The standard InChI is InChI=1S/C62H47N3O2/c1-40-38-41(2)55(42(3)39-40)60-64-58(47-30-20-34-51-56(47)66-53-36-18-16-32-49(53)61(51,43-22-8-4-9-23-43)44-24-10-5-11-25-44)63-59(65-60)48-31-21-35-52-57(48)67-54-37-19-17-33-50(54)62(52,45-26-12-6-13-27-45)46-28-14-7-15-29-46/h4-28,30-39,46H,29H2,1-3H3. The van der Waals surface area contributed by atoms with Gasteiger partial charge in [-0.15, -0.1) is 0 Å². The Morgan fingerprint density at radius 1 is 0.448 bits per heavy atom. The summed E-state index contributed by atoms with van der Waals surface area (Å²) in [5.74, 6) is 4.75. The number of benzene rings is 8. The van der Waals surface area contributed by atoms with Gasteiger partial charge in [-0.25, -0.2) is 15.0 Å². The number of allylic oxidation sites excluding steroid dienone is 4. The van der Waals surface area contributed by atoms with Gasteiger partial charge in [0.1, 0.15) is 23.0 Å². The van der Waals surface area contributed by atoms with Gasteiger partial charge in [0, 0.05) is 27.8 Å². The predicted molar refractivity (Wildman–Crippen MR) is 268 cm³/mol. The van der Waals surface area contributed by atoms with Gasteiger partial charge >= 0.3 is 0 Å². The van der Waals surface area contributed by atoms with Crippen molar-refractivity contribution in [3.05, 3.63) is 268 Å². The molecule has 0 bridgehead atoms. The monoisotopic (exact) mass is 865 g/mol. The molecule has 0 spiro atoms. The van der Waals surface area contributed by atoms with E-state index in [2.05, 4.69) is 227 Å². The Bertz CT molecular complexity index is 3370. The van der Waals surface area contributed by atoms with Gasteiger partial charge in [-0.05, 0) is 85.2 Å². The molecule has 5 nitrogen and oxygen atoms in total. The van der Waals surface area contributed by atoms with Crippen LogP contribution in [0.1, 0.15) is 62.1 Å². The van der Waals surface area contributed by atoms with Crippen molar-refractivity contribution in [2.75, 3.05) is 0 Å². The smallest absolute Gasteiger partial charge is 0.167 e. The number of nitrogens with zero attached hydrogens (tertiary/aromatic N) is 3. The van der Waals surface area contributed by atoms with Crippen LogP contribution in [0.3, 0.4) is 0 Å². The Morgan fingerprint density at radius 3 is 1.51 bits per heavy atom. The molecule has 8 aromatic carbocycles. The molecular weight excluding hydrogens is 819 g/mol. The van der Waals surface area contributed by atoms with Crippen molar-refractivity contribution in [1.82, 2.24) is 15.0 Å². The van der Waals surface area contributed by atoms with Crippen LogP contribution in [0, 0.1) is 26.7 Å². The summed E-state index contributed by atoms with van der Waals surface area (Å²) in [7, 11) is 0. The molecule has 2 unspecified atom stereocenters. The van der Waals surface area contributed by atoms with Crippen molar-refractivity contribution >= 4 is 0 Å². The molecule has 0 radical (unpaired) electrons. The number of fused-ring (bicyclic) bond motifs is 4. The fourth-order valence-electron chi connectivity index (χ4n) is 11.5. The summed E-state index contributed by atoms with van der Waals surface area (Å²) in [6.45, 7) is 6.41. The zero-order valence-corrected chi connectivity index (χ0v) is 37.6. The van der Waals surface area contributed by atoms with E-state index < -0.39 is 10.8 Å². The number of aromatic nitrogens is 3. The van der Waals surface area contributed by atoms with Gasteiger partial charge in [-0.2, -0.15) is 0 Å². The molecule has 1 aromatic heterocycles. The Kier molecular flexibility index (Phi) is 9.68. The highest BCUT2D eigenvalue weighted by molar-refractivity contribution is 5.81. The van der Waals surface area contributed by atoms with Crippen LogP contribution in [0.2, 0.25) is 0 Å². The third-order valence-corrected chi connectivity index (χ3v) is 14.1.